The largest absolute Gasteiger partial charge is 0.465 e. The van der Waals surface area contributed by atoms with Gasteiger partial charge in [0, 0.05) is 6.42 Å². The lowest BCUT2D eigenvalue weighted by Gasteiger charge is -2.15. The van der Waals surface area contributed by atoms with Crippen molar-refractivity contribution >= 4 is 17.7 Å². The molecule has 0 saturated carbocycles. The Kier molecular flexibility index (Phi) is 4.07. The summed E-state index contributed by atoms with van der Waals surface area (Å²) >= 11 is 0. The third-order valence-electron chi connectivity index (χ3n) is 2.69. The molecule has 0 aromatic heterocycles. The molecule has 2 atom stereocenters. The second-order valence-electron chi connectivity index (χ2n) is 4.71. The van der Waals surface area contributed by atoms with E-state index < -0.39 is 29.4 Å². The van der Waals surface area contributed by atoms with E-state index in [0.717, 1.165) is 0 Å². The van der Waals surface area contributed by atoms with Crippen LogP contribution >= 0.6 is 0 Å². The molecule has 18 heavy (non-hydrogen) atoms. The van der Waals surface area contributed by atoms with Crippen LogP contribution in [0.3, 0.4) is 0 Å². The lowest BCUT2D eigenvalue weighted by atomic mass is 9.87. The number of esters is 2. The van der Waals surface area contributed by atoms with Crippen LogP contribution in [0.5, 0.6) is 0 Å². The van der Waals surface area contributed by atoms with Crippen LogP contribution in [0.4, 0.5) is 0 Å². The first kappa shape index (κ1) is 14.2. The van der Waals surface area contributed by atoms with Crippen molar-refractivity contribution in [2.24, 2.45) is 11.8 Å². The summed E-state index contributed by atoms with van der Waals surface area (Å²) in [5.41, 5.74) is -0.908. The molecule has 0 aromatic rings. The molecule has 1 heterocycles. The number of hydrogen-bond donors (Lipinski definition) is 1. The van der Waals surface area contributed by atoms with Crippen molar-refractivity contribution in [2.45, 2.75) is 32.8 Å². The van der Waals surface area contributed by atoms with E-state index in [2.05, 4.69) is 0 Å². The van der Waals surface area contributed by atoms with Crippen molar-refractivity contribution in [2.75, 3.05) is 6.61 Å². The Morgan fingerprint density at radius 1 is 1.72 bits per heavy atom. The Balaban J connectivity index is 2.84. The van der Waals surface area contributed by atoms with E-state index in [1.54, 1.807) is 26.8 Å². The molecule has 0 bridgehead atoms. The summed E-state index contributed by atoms with van der Waals surface area (Å²) < 4.78 is 9.78. The average molecular weight is 252 g/mol. The van der Waals surface area contributed by atoms with E-state index in [-0.39, 0.29) is 12.3 Å². The third kappa shape index (κ3) is 2.86. The minimum Gasteiger partial charge on any atom is -0.465 e. The number of carbonyl (C=O) groups is 2. The quantitative estimate of drug-likeness (QED) is 0.595. The van der Waals surface area contributed by atoms with Crippen LogP contribution < -0.4 is 0 Å². The molecular formula is C12H16N2O4. The standard InChI is InChI=1S/C12H16N2O4/c1-4-17-10(15)8(6-13)9(14)7-5-12(2,3)18-11(7)16/h7-8,14H,4-5H2,1-3H3/t7-,8-/m0/s1. The van der Waals surface area contributed by atoms with Gasteiger partial charge in [-0.3, -0.25) is 9.59 Å². The zero-order valence-electron chi connectivity index (χ0n) is 10.6. The molecule has 1 fully saturated rings. The van der Waals surface area contributed by atoms with E-state index in [1.807, 2.05) is 0 Å². The number of carbonyl (C=O) groups excluding carboxylic acids is 2. The van der Waals surface area contributed by atoms with Gasteiger partial charge in [-0.1, -0.05) is 0 Å². The normalized spacial score (nSPS) is 22.8. The fourth-order valence-corrected chi connectivity index (χ4v) is 1.87. The number of nitrogens with zero attached hydrogens (tertiary/aromatic N) is 1. The fraction of sp³-hybridized carbons (Fsp3) is 0.667. The Morgan fingerprint density at radius 2 is 2.33 bits per heavy atom. The van der Waals surface area contributed by atoms with Crippen molar-refractivity contribution in [1.82, 2.24) is 0 Å². The van der Waals surface area contributed by atoms with Crippen LogP contribution in [-0.4, -0.2) is 29.9 Å². The first-order valence-corrected chi connectivity index (χ1v) is 5.70. The zero-order chi connectivity index (χ0) is 13.9. The second-order valence-corrected chi connectivity index (χ2v) is 4.71. The molecule has 0 amide bonds. The van der Waals surface area contributed by atoms with Gasteiger partial charge in [-0.2, -0.15) is 5.26 Å². The van der Waals surface area contributed by atoms with Gasteiger partial charge in [-0.05, 0) is 20.8 Å². The lowest BCUT2D eigenvalue weighted by Crippen LogP contribution is -2.32. The first-order chi connectivity index (χ1) is 8.32. The van der Waals surface area contributed by atoms with Gasteiger partial charge >= 0.3 is 11.9 Å². The molecule has 6 nitrogen and oxygen atoms in total. The fourth-order valence-electron chi connectivity index (χ4n) is 1.87. The van der Waals surface area contributed by atoms with Crippen molar-refractivity contribution in [1.29, 1.82) is 10.7 Å². The van der Waals surface area contributed by atoms with E-state index >= 15 is 0 Å². The summed E-state index contributed by atoms with van der Waals surface area (Å²) in [7, 11) is 0. The van der Waals surface area contributed by atoms with Crippen molar-refractivity contribution in [3.05, 3.63) is 0 Å². The molecule has 1 N–H and O–H groups in total. The molecule has 0 unspecified atom stereocenters. The minimum atomic E-state index is -1.34. The van der Waals surface area contributed by atoms with Crippen molar-refractivity contribution in [3.63, 3.8) is 0 Å². The van der Waals surface area contributed by atoms with E-state index in [9.17, 15) is 9.59 Å². The Hall–Kier alpha value is -1.90. The van der Waals surface area contributed by atoms with E-state index in [1.165, 1.54) is 0 Å². The van der Waals surface area contributed by atoms with Crippen LogP contribution in [-0.2, 0) is 19.1 Å². The molecule has 0 aliphatic carbocycles. The highest BCUT2D eigenvalue weighted by atomic mass is 16.6. The molecule has 0 radical (unpaired) electrons. The maximum Gasteiger partial charge on any atom is 0.329 e. The van der Waals surface area contributed by atoms with Gasteiger partial charge in [-0.25, -0.2) is 0 Å². The summed E-state index contributed by atoms with van der Waals surface area (Å²) in [5, 5.41) is 16.8. The van der Waals surface area contributed by atoms with Crippen LogP contribution in [0.15, 0.2) is 0 Å². The number of cyclic esters (lactones) is 1. The molecule has 1 saturated heterocycles. The van der Waals surface area contributed by atoms with Crippen molar-refractivity contribution in [3.8, 4) is 6.07 Å². The Morgan fingerprint density at radius 3 is 2.72 bits per heavy atom. The van der Waals surface area contributed by atoms with Gasteiger partial charge in [0.15, 0.2) is 5.92 Å². The number of hydrogen-bond acceptors (Lipinski definition) is 6. The maximum absolute atomic E-state index is 11.6. The van der Waals surface area contributed by atoms with Gasteiger partial charge < -0.3 is 14.9 Å². The topological polar surface area (TPSA) is 100 Å². The first-order valence-electron chi connectivity index (χ1n) is 5.70. The Bertz CT molecular complexity index is 422. The summed E-state index contributed by atoms with van der Waals surface area (Å²) in [6, 6.07) is 1.70. The van der Waals surface area contributed by atoms with Gasteiger partial charge in [0.1, 0.15) is 11.5 Å². The summed E-state index contributed by atoms with van der Waals surface area (Å²) in [4.78, 5) is 23.1. The highest BCUT2D eigenvalue weighted by molar-refractivity contribution is 6.12. The van der Waals surface area contributed by atoms with Gasteiger partial charge in [0.25, 0.3) is 0 Å². The number of ether oxygens (including phenoxy) is 2. The molecule has 6 heteroatoms. The number of rotatable bonds is 4. The number of nitriles is 1. The third-order valence-corrected chi connectivity index (χ3v) is 2.69. The average Bonchev–Trinajstić information content (AvgIpc) is 2.53. The number of nitrogens with one attached hydrogen (secondary N) is 1. The van der Waals surface area contributed by atoms with Crippen LogP contribution in [0, 0.1) is 28.6 Å². The van der Waals surface area contributed by atoms with Gasteiger partial charge in [0.2, 0.25) is 0 Å². The lowest BCUT2D eigenvalue weighted by molar-refractivity contribution is -0.147. The highest BCUT2D eigenvalue weighted by Gasteiger charge is 2.45. The summed E-state index contributed by atoms with van der Waals surface area (Å²) in [6.45, 7) is 5.20. The van der Waals surface area contributed by atoms with Crippen LogP contribution in [0.2, 0.25) is 0 Å². The van der Waals surface area contributed by atoms with Gasteiger partial charge in [-0.15, -0.1) is 0 Å². The SMILES string of the molecule is CCOC(=O)[C@@H](C#N)C(=N)[C@@H]1CC(C)(C)OC1=O. The van der Waals surface area contributed by atoms with Gasteiger partial charge in [0.05, 0.1) is 18.4 Å². The molecule has 1 aliphatic heterocycles. The molecule has 1 rings (SSSR count). The molecule has 0 aromatic carbocycles. The van der Waals surface area contributed by atoms with Crippen LogP contribution in [0.25, 0.3) is 0 Å². The predicted molar refractivity (Wildman–Crippen MR) is 61.7 cm³/mol. The Labute approximate surface area is 105 Å². The second kappa shape index (κ2) is 5.17. The molecule has 0 spiro atoms. The zero-order valence-corrected chi connectivity index (χ0v) is 10.6. The van der Waals surface area contributed by atoms with E-state index in [0.29, 0.717) is 6.42 Å². The summed E-state index contributed by atoms with van der Waals surface area (Å²) in [5.74, 6) is -3.53. The monoisotopic (exact) mass is 252 g/mol. The highest BCUT2D eigenvalue weighted by Crippen LogP contribution is 2.32. The summed E-state index contributed by atoms with van der Waals surface area (Å²) in [6.07, 6.45) is 0.294. The molecule has 98 valence electrons. The predicted octanol–water partition coefficient (Wildman–Crippen LogP) is 1.05. The smallest absolute Gasteiger partial charge is 0.329 e. The van der Waals surface area contributed by atoms with Crippen LogP contribution in [0.1, 0.15) is 27.2 Å². The van der Waals surface area contributed by atoms with Crippen molar-refractivity contribution < 1.29 is 19.1 Å². The maximum atomic E-state index is 11.6. The minimum absolute atomic E-state index is 0.130. The van der Waals surface area contributed by atoms with E-state index in [4.69, 9.17) is 20.1 Å². The molecule has 1 aliphatic rings. The molecular weight excluding hydrogens is 236 g/mol.